The number of aryl methyl sites for hydroxylation is 2. The minimum Gasteiger partial charge on any atom is -0.370 e. The summed E-state index contributed by atoms with van der Waals surface area (Å²) in [5, 5.41) is 3.53. The van der Waals surface area contributed by atoms with Crippen LogP contribution in [-0.4, -0.2) is 36.6 Å². The average Bonchev–Trinajstić information content (AvgIpc) is 2.85. The first kappa shape index (κ1) is 12.0. The van der Waals surface area contributed by atoms with E-state index in [-0.39, 0.29) is 0 Å². The molecule has 0 saturated carbocycles. The molecular weight excluding hydrogens is 222 g/mol. The molecule has 1 aromatic heterocycles. The fourth-order valence-corrected chi connectivity index (χ4v) is 3.03. The van der Waals surface area contributed by atoms with Gasteiger partial charge in [-0.2, -0.15) is 0 Å². The highest BCUT2D eigenvalue weighted by Crippen LogP contribution is 2.22. The number of anilines is 1. The van der Waals surface area contributed by atoms with E-state index in [9.17, 15) is 0 Å². The third-order valence-electron chi connectivity index (χ3n) is 4.34. The Morgan fingerprint density at radius 1 is 1.28 bits per heavy atom. The lowest BCUT2D eigenvalue weighted by Crippen LogP contribution is -2.33. The number of hydrogen-bond acceptors (Lipinski definition) is 3. The number of nitrogens with zero attached hydrogens (tertiary/aromatic N) is 2. The van der Waals surface area contributed by atoms with E-state index in [1.807, 2.05) is 0 Å². The van der Waals surface area contributed by atoms with Crippen molar-refractivity contribution < 1.29 is 0 Å². The van der Waals surface area contributed by atoms with Gasteiger partial charge in [0.15, 0.2) is 0 Å². The van der Waals surface area contributed by atoms with Crippen molar-refractivity contribution in [3.05, 3.63) is 23.4 Å². The van der Waals surface area contributed by atoms with Gasteiger partial charge in [-0.3, -0.25) is 0 Å². The quantitative estimate of drug-likeness (QED) is 0.886. The van der Waals surface area contributed by atoms with Crippen molar-refractivity contribution in [3.8, 4) is 0 Å². The largest absolute Gasteiger partial charge is 0.370 e. The second kappa shape index (κ2) is 5.27. The molecule has 1 fully saturated rings. The standard InChI is InChI=1S/C15H23N3/c1-18-9-7-12(8-10-18)11-16-15-6-5-13-3-2-4-14(13)17-15/h5-6,12H,2-4,7-11H2,1H3,(H,16,17). The van der Waals surface area contributed by atoms with Crippen LogP contribution in [0.4, 0.5) is 5.82 Å². The number of nitrogens with one attached hydrogen (secondary N) is 1. The Balaban J connectivity index is 1.54. The van der Waals surface area contributed by atoms with Crippen LogP contribution in [-0.2, 0) is 12.8 Å². The zero-order chi connectivity index (χ0) is 12.4. The van der Waals surface area contributed by atoms with Gasteiger partial charge in [0.05, 0.1) is 0 Å². The lowest BCUT2D eigenvalue weighted by atomic mass is 9.97. The summed E-state index contributed by atoms with van der Waals surface area (Å²) in [4.78, 5) is 7.15. The fraction of sp³-hybridized carbons (Fsp3) is 0.667. The molecule has 3 heteroatoms. The molecule has 0 atom stereocenters. The van der Waals surface area contributed by atoms with Gasteiger partial charge in [-0.05, 0) is 69.8 Å². The summed E-state index contributed by atoms with van der Waals surface area (Å²) in [6.45, 7) is 3.56. The number of likely N-dealkylation sites (tertiary alicyclic amines) is 1. The van der Waals surface area contributed by atoms with Crippen molar-refractivity contribution in [1.82, 2.24) is 9.88 Å². The smallest absolute Gasteiger partial charge is 0.126 e. The molecule has 0 amide bonds. The normalized spacial score (nSPS) is 20.9. The van der Waals surface area contributed by atoms with E-state index in [2.05, 4.69) is 29.4 Å². The Bertz CT molecular complexity index is 408. The maximum absolute atomic E-state index is 4.73. The van der Waals surface area contributed by atoms with E-state index in [0.717, 1.165) is 18.3 Å². The predicted molar refractivity (Wildman–Crippen MR) is 75.0 cm³/mol. The molecule has 0 bridgehead atoms. The number of piperidine rings is 1. The molecule has 98 valence electrons. The highest BCUT2D eigenvalue weighted by atomic mass is 15.1. The molecule has 1 aromatic rings. The van der Waals surface area contributed by atoms with Gasteiger partial charge in [0, 0.05) is 12.2 Å². The van der Waals surface area contributed by atoms with Crippen molar-refractivity contribution in [2.45, 2.75) is 32.1 Å². The van der Waals surface area contributed by atoms with E-state index in [4.69, 9.17) is 4.98 Å². The summed E-state index contributed by atoms with van der Waals surface area (Å²) in [5.41, 5.74) is 2.78. The van der Waals surface area contributed by atoms with Crippen LogP contribution in [0.3, 0.4) is 0 Å². The molecule has 3 nitrogen and oxygen atoms in total. The van der Waals surface area contributed by atoms with Gasteiger partial charge < -0.3 is 10.2 Å². The van der Waals surface area contributed by atoms with E-state index in [1.165, 1.54) is 56.5 Å². The fourth-order valence-electron chi connectivity index (χ4n) is 3.03. The highest BCUT2D eigenvalue weighted by Gasteiger charge is 2.17. The predicted octanol–water partition coefficient (Wildman–Crippen LogP) is 2.32. The molecule has 3 rings (SSSR count). The van der Waals surface area contributed by atoms with Gasteiger partial charge in [-0.1, -0.05) is 6.07 Å². The first-order chi connectivity index (χ1) is 8.81. The first-order valence-corrected chi connectivity index (χ1v) is 7.22. The lowest BCUT2D eigenvalue weighted by molar-refractivity contribution is 0.226. The van der Waals surface area contributed by atoms with E-state index in [0.29, 0.717) is 0 Å². The van der Waals surface area contributed by atoms with Crippen LogP contribution in [0.15, 0.2) is 12.1 Å². The average molecular weight is 245 g/mol. The molecule has 1 N–H and O–H groups in total. The minimum absolute atomic E-state index is 0.816. The zero-order valence-electron chi connectivity index (χ0n) is 11.3. The van der Waals surface area contributed by atoms with E-state index in [1.54, 1.807) is 0 Å². The van der Waals surface area contributed by atoms with Crippen molar-refractivity contribution in [3.63, 3.8) is 0 Å². The Labute approximate surface area is 110 Å². The molecule has 2 heterocycles. The van der Waals surface area contributed by atoms with Crippen molar-refractivity contribution in [2.24, 2.45) is 5.92 Å². The molecule has 1 aliphatic carbocycles. The minimum atomic E-state index is 0.816. The maximum atomic E-state index is 4.73. The Morgan fingerprint density at radius 3 is 2.94 bits per heavy atom. The molecule has 18 heavy (non-hydrogen) atoms. The van der Waals surface area contributed by atoms with Crippen molar-refractivity contribution in [2.75, 3.05) is 32.0 Å². The Morgan fingerprint density at radius 2 is 2.11 bits per heavy atom. The summed E-state index contributed by atoms with van der Waals surface area (Å²) < 4.78 is 0. The topological polar surface area (TPSA) is 28.2 Å². The second-order valence-corrected chi connectivity index (χ2v) is 5.78. The van der Waals surface area contributed by atoms with Crippen LogP contribution in [0.25, 0.3) is 0 Å². The molecule has 0 spiro atoms. The number of pyridine rings is 1. The SMILES string of the molecule is CN1CCC(CNc2ccc3c(n2)CCC3)CC1. The molecule has 2 aliphatic rings. The number of aromatic nitrogens is 1. The van der Waals surface area contributed by atoms with Gasteiger partial charge in [0.1, 0.15) is 5.82 Å². The molecule has 0 unspecified atom stereocenters. The third-order valence-corrected chi connectivity index (χ3v) is 4.34. The molecule has 1 aliphatic heterocycles. The van der Waals surface area contributed by atoms with Gasteiger partial charge in [-0.15, -0.1) is 0 Å². The van der Waals surface area contributed by atoms with Crippen LogP contribution < -0.4 is 5.32 Å². The van der Waals surface area contributed by atoms with E-state index >= 15 is 0 Å². The molecule has 0 radical (unpaired) electrons. The van der Waals surface area contributed by atoms with Crippen LogP contribution in [0, 0.1) is 5.92 Å². The number of hydrogen-bond donors (Lipinski definition) is 1. The van der Waals surface area contributed by atoms with Crippen LogP contribution in [0.2, 0.25) is 0 Å². The van der Waals surface area contributed by atoms with Crippen molar-refractivity contribution >= 4 is 5.82 Å². The molecule has 1 saturated heterocycles. The summed E-state index contributed by atoms with van der Waals surface area (Å²) in [5.74, 6) is 1.89. The van der Waals surface area contributed by atoms with Crippen molar-refractivity contribution in [1.29, 1.82) is 0 Å². The van der Waals surface area contributed by atoms with Crippen LogP contribution in [0.5, 0.6) is 0 Å². The number of rotatable bonds is 3. The summed E-state index contributed by atoms with van der Waals surface area (Å²) in [6, 6.07) is 4.41. The highest BCUT2D eigenvalue weighted by molar-refractivity contribution is 5.40. The Hall–Kier alpha value is -1.09. The zero-order valence-corrected chi connectivity index (χ0v) is 11.3. The van der Waals surface area contributed by atoms with Crippen LogP contribution >= 0.6 is 0 Å². The van der Waals surface area contributed by atoms with Gasteiger partial charge >= 0.3 is 0 Å². The van der Waals surface area contributed by atoms with Gasteiger partial charge in [0.25, 0.3) is 0 Å². The van der Waals surface area contributed by atoms with Gasteiger partial charge in [-0.25, -0.2) is 4.98 Å². The second-order valence-electron chi connectivity index (χ2n) is 5.78. The Kier molecular flexibility index (Phi) is 3.50. The number of fused-ring (bicyclic) bond motifs is 1. The third kappa shape index (κ3) is 2.66. The summed E-state index contributed by atoms with van der Waals surface area (Å²) in [7, 11) is 2.21. The van der Waals surface area contributed by atoms with Crippen LogP contribution in [0.1, 0.15) is 30.5 Å². The van der Waals surface area contributed by atoms with E-state index < -0.39 is 0 Å². The summed E-state index contributed by atoms with van der Waals surface area (Å²) >= 11 is 0. The molecular formula is C15H23N3. The lowest BCUT2D eigenvalue weighted by Gasteiger charge is -2.29. The summed E-state index contributed by atoms with van der Waals surface area (Å²) in [6.07, 6.45) is 6.29. The monoisotopic (exact) mass is 245 g/mol. The van der Waals surface area contributed by atoms with Gasteiger partial charge in [0.2, 0.25) is 0 Å². The molecule has 0 aromatic carbocycles. The maximum Gasteiger partial charge on any atom is 0.126 e. The first-order valence-electron chi connectivity index (χ1n) is 7.22.